The molecule has 0 aliphatic heterocycles. The molecular formula is C14H21BrN2O2S. The molecule has 0 spiro atoms. The average molecular weight is 361 g/mol. The Morgan fingerprint density at radius 2 is 2.15 bits per heavy atom. The first-order valence-electron chi connectivity index (χ1n) is 6.46. The summed E-state index contributed by atoms with van der Waals surface area (Å²) in [6.07, 6.45) is 0.522. The highest BCUT2D eigenvalue weighted by molar-refractivity contribution is 9.10. The number of hydrogen-bond acceptors (Lipinski definition) is 3. The zero-order valence-electron chi connectivity index (χ0n) is 12.5. The summed E-state index contributed by atoms with van der Waals surface area (Å²) in [5, 5.41) is 0. The Kier molecular flexibility index (Phi) is 6.48. The highest BCUT2D eigenvalue weighted by Crippen LogP contribution is 2.17. The van der Waals surface area contributed by atoms with Crippen molar-refractivity contribution in [2.75, 3.05) is 7.11 Å². The molecule has 0 aromatic carbocycles. The molecule has 0 saturated carbocycles. The summed E-state index contributed by atoms with van der Waals surface area (Å²) in [5.41, 5.74) is 1.32. The molecule has 2 atom stereocenters. The maximum atomic E-state index is 12.3. The number of nitrogens with zero attached hydrogens (tertiary/aromatic N) is 2. The molecule has 1 unspecified atom stereocenters. The van der Waals surface area contributed by atoms with Crippen molar-refractivity contribution in [3.63, 3.8) is 0 Å². The molecule has 0 fully saturated rings. The van der Waals surface area contributed by atoms with Gasteiger partial charge < -0.3 is 4.74 Å². The van der Waals surface area contributed by atoms with Crippen molar-refractivity contribution in [2.24, 2.45) is 4.40 Å². The fourth-order valence-electron chi connectivity index (χ4n) is 1.52. The van der Waals surface area contributed by atoms with E-state index in [4.69, 9.17) is 4.74 Å². The first kappa shape index (κ1) is 17.5. The van der Waals surface area contributed by atoms with Gasteiger partial charge in [0.1, 0.15) is 27.4 Å². The van der Waals surface area contributed by atoms with Crippen LogP contribution in [0.2, 0.25) is 0 Å². The van der Waals surface area contributed by atoms with Crippen molar-refractivity contribution < 1.29 is 8.95 Å². The van der Waals surface area contributed by atoms with Gasteiger partial charge in [-0.05, 0) is 55.3 Å². The molecule has 0 bridgehead atoms. The van der Waals surface area contributed by atoms with Gasteiger partial charge in [0.2, 0.25) is 0 Å². The molecule has 0 radical (unpaired) electrons. The van der Waals surface area contributed by atoms with Gasteiger partial charge in [-0.15, -0.1) is 0 Å². The van der Waals surface area contributed by atoms with Crippen molar-refractivity contribution in [3.05, 3.63) is 28.5 Å². The number of aromatic nitrogens is 1. The van der Waals surface area contributed by atoms with E-state index in [1.165, 1.54) is 0 Å². The number of hydrogen-bond donors (Lipinski definition) is 0. The van der Waals surface area contributed by atoms with Crippen molar-refractivity contribution in [1.82, 2.24) is 4.98 Å². The lowest BCUT2D eigenvalue weighted by molar-refractivity contribution is 0.153. The molecular weight excluding hydrogens is 340 g/mol. The second-order valence-corrected chi connectivity index (χ2v) is 8.03. The van der Waals surface area contributed by atoms with Gasteiger partial charge in [0, 0.05) is 7.11 Å². The predicted molar refractivity (Wildman–Crippen MR) is 87.5 cm³/mol. The maximum absolute atomic E-state index is 12.3. The standard InChI is InChI=1S/C14H21BrN2O2S/c1-6-11(19-5)13(17-20(18)14(2,3)4)10-8-7-9-12(15)16-10/h7-9,11H,6H2,1-5H3/t11?,20-/m1/s1. The first-order chi connectivity index (χ1) is 9.29. The van der Waals surface area contributed by atoms with Crippen LogP contribution in [0.5, 0.6) is 0 Å². The van der Waals surface area contributed by atoms with E-state index in [1.54, 1.807) is 7.11 Å². The van der Waals surface area contributed by atoms with Crippen molar-refractivity contribution in [2.45, 2.75) is 45.0 Å². The fourth-order valence-corrected chi connectivity index (χ4v) is 2.53. The summed E-state index contributed by atoms with van der Waals surface area (Å²) >= 11 is 3.35. The smallest absolute Gasteiger partial charge is 0.145 e. The minimum absolute atomic E-state index is 0.219. The van der Waals surface area contributed by atoms with E-state index in [-0.39, 0.29) is 6.10 Å². The summed E-state index contributed by atoms with van der Waals surface area (Å²) < 4.78 is 22.4. The van der Waals surface area contributed by atoms with E-state index in [9.17, 15) is 4.21 Å². The molecule has 4 nitrogen and oxygen atoms in total. The lowest BCUT2D eigenvalue weighted by Crippen LogP contribution is -2.28. The molecule has 1 aromatic heterocycles. The molecule has 1 aromatic rings. The Bertz CT molecular complexity index is 508. The maximum Gasteiger partial charge on any atom is 0.145 e. The van der Waals surface area contributed by atoms with Crippen LogP contribution in [0.15, 0.2) is 27.2 Å². The topological polar surface area (TPSA) is 51.5 Å². The monoisotopic (exact) mass is 360 g/mol. The van der Waals surface area contributed by atoms with Crippen molar-refractivity contribution in [3.8, 4) is 0 Å². The zero-order valence-corrected chi connectivity index (χ0v) is 14.9. The van der Waals surface area contributed by atoms with Gasteiger partial charge in [0.25, 0.3) is 0 Å². The van der Waals surface area contributed by atoms with Crippen LogP contribution in [0, 0.1) is 0 Å². The quantitative estimate of drug-likeness (QED) is 0.596. The average Bonchev–Trinajstić information content (AvgIpc) is 2.37. The number of ether oxygens (including phenoxy) is 1. The SMILES string of the molecule is CCC(OC)C(=N[S@](=O)C(C)(C)C)c1cccc(Br)n1. The Balaban J connectivity index is 3.29. The Morgan fingerprint density at radius 3 is 2.60 bits per heavy atom. The highest BCUT2D eigenvalue weighted by atomic mass is 79.9. The van der Waals surface area contributed by atoms with E-state index >= 15 is 0 Å². The second-order valence-electron chi connectivity index (χ2n) is 5.32. The molecule has 1 rings (SSSR count). The Labute approximate surface area is 131 Å². The summed E-state index contributed by atoms with van der Waals surface area (Å²) in [7, 11) is 0.281. The van der Waals surface area contributed by atoms with Crippen LogP contribution in [0.25, 0.3) is 0 Å². The minimum atomic E-state index is -1.35. The van der Waals surface area contributed by atoms with Gasteiger partial charge >= 0.3 is 0 Å². The van der Waals surface area contributed by atoms with Crippen LogP contribution in [-0.4, -0.2) is 32.9 Å². The van der Waals surface area contributed by atoms with E-state index in [1.807, 2.05) is 45.9 Å². The van der Waals surface area contributed by atoms with Gasteiger partial charge in [0.05, 0.1) is 10.4 Å². The van der Waals surface area contributed by atoms with Crippen LogP contribution in [0.3, 0.4) is 0 Å². The minimum Gasteiger partial charge on any atom is -0.375 e. The van der Waals surface area contributed by atoms with Gasteiger partial charge in [0.15, 0.2) is 0 Å². The summed E-state index contributed by atoms with van der Waals surface area (Å²) in [5.74, 6) is 0. The van der Waals surface area contributed by atoms with Gasteiger partial charge in [-0.3, -0.25) is 0 Å². The van der Waals surface area contributed by atoms with Crippen LogP contribution < -0.4 is 0 Å². The molecule has 112 valence electrons. The Hall–Kier alpha value is -0.590. The van der Waals surface area contributed by atoms with Crippen molar-refractivity contribution in [1.29, 1.82) is 0 Å². The molecule has 0 aliphatic rings. The number of halogens is 1. The molecule has 6 heteroatoms. The number of methoxy groups -OCH3 is 1. The lowest BCUT2D eigenvalue weighted by Gasteiger charge is -2.19. The normalized spacial score (nSPS) is 16.0. The van der Waals surface area contributed by atoms with E-state index in [0.717, 1.165) is 11.0 Å². The van der Waals surface area contributed by atoms with Gasteiger partial charge in [-0.25, -0.2) is 9.19 Å². The fraction of sp³-hybridized carbons (Fsp3) is 0.571. The molecule has 0 N–H and O–H groups in total. The molecule has 20 heavy (non-hydrogen) atoms. The van der Waals surface area contributed by atoms with Crippen molar-refractivity contribution >= 4 is 32.6 Å². The molecule has 0 aliphatic carbocycles. The largest absolute Gasteiger partial charge is 0.375 e. The molecule has 0 saturated heterocycles. The summed E-state index contributed by atoms with van der Waals surface area (Å²) in [6.45, 7) is 7.69. The van der Waals surface area contributed by atoms with Gasteiger partial charge in [-0.2, -0.15) is 4.40 Å². The molecule has 0 amide bonds. The van der Waals surface area contributed by atoms with Crippen LogP contribution in [0.1, 0.15) is 39.8 Å². The van der Waals surface area contributed by atoms with Crippen LogP contribution >= 0.6 is 15.9 Å². The van der Waals surface area contributed by atoms with Crippen LogP contribution in [-0.2, 0) is 15.7 Å². The van der Waals surface area contributed by atoms with E-state index < -0.39 is 15.7 Å². The summed E-state index contributed by atoms with van der Waals surface area (Å²) in [6, 6.07) is 5.57. The van der Waals surface area contributed by atoms with Gasteiger partial charge in [-0.1, -0.05) is 13.0 Å². The third-order valence-electron chi connectivity index (χ3n) is 2.64. The van der Waals surface area contributed by atoms with E-state index in [0.29, 0.717) is 11.4 Å². The predicted octanol–water partition coefficient (Wildman–Crippen LogP) is 3.52. The number of pyridine rings is 1. The first-order valence-corrected chi connectivity index (χ1v) is 8.35. The highest BCUT2D eigenvalue weighted by Gasteiger charge is 2.24. The zero-order chi connectivity index (χ0) is 15.3. The van der Waals surface area contributed by atoms with E-state index in [2.05, 4.69) is 25.3 Å². The van der Waals surface area contributed by atoms with Crippen LogP contribution in [0.4, 0.5) is 0 Å². The number of rotatable bonds is 5. The third kappa shape index (κ3) is 4.75. The summed E-state index contributed by atoms with van der Waals surface area (Å²) in [4.78, 5) is 4.40. The molecule has 1 heterocycles. The Morgan fingerprint density at radius 1 is 1.50 bits per heavy atom. The third-order valence-corrected chi connectivity index (χ3v) is 4.49. The lowest BCUT2D eigenvalue weighted by atomic mass is 10.1. The second kappa shape index (κ2) is 7.43.